The second-order valence-corrected chi connectivity index (χ2v) is 6.38. The largest absolute Gasteiger partial charge is 0.237 e. The number of nitrogens with zero attached hydrogens (tertiary/aromatic N) is 5. The number of hydrogen-bond acceptors (Lipinski definition) is 4. The molecule has 0 saturated carbocycles. The lowest BCUT2D eigenvalue weighted by molar-refractivity contribution is 0.557. The van der Waals surface area contributed by atoms with Gasteiger partial charge < -0.3 is 0 Å². The van der Waals surface area contributed by atoms with E-state index in [1.165, 1.54) is 0 Å². The van der Waals surface area contributed by atoms with Crippen LogP contribution in [0.5, 0.6) is 0 Å². The molecule has 1 aromatic carbocycles. The highest BCUT2D eigenvalue weighted by atomic mass is 35.5. The molecule has 2 aromatic heterocycles. The molecule has 23 heavy (non-hydrogen) atoms. The average molecular weight is 351 g/mol. The Balaban J connectivity index is 2.10. The van der Waals surface area contributed by atoms with Crippen LogP contribution < -0.4 is 0 Å². The molecule has 0 saturated heterocycles. The maximum absolute atomic E-state index is 6.10. The van der Waals surface area contributed by atoms with E-state index < -0.39 is 0 Å². The normalized spacial score (nSPS) is 12.8. The monoisotopic (exact) mass is 350 g/mol. The van der Waals surface area contributed by atoms with Crippen molar-refractivity contribution in [2.75, 3.05) is 0 Å². The number of rotatable bonds is 4. The summed E-state index contributed by atoms with van der Waals surface area (Å²) in [5.74, 6) is 1.52. The highest BCUT2D eigenvalue weighted by molar-refractivity contribution is 6.31. The zero-order valence-corrected chi connectivity index (χ0v) is 14.5. The van der Waals surface area contributed by atoms with Crippen molar-refractivity contribution in [3.05, 3.63) is 45.8 Å². The van der Waals surface area contributed by atoms with Gasteiger partial charge >= 0.3 is 0 Å². The van der Waals surface area contributed by atoms with Crippen LogP contribution in [-0.2, 0) is 0 Å². The minimum absolute atomic E-state index is 0.0463. The number of benzene rings is 1. The van der Waals surface area contributed by atoms with Crippen molar-refractivity contribution in [1.82, 2.24) is 30.2 Å². The van der Waals surface area contributed by atoms with Gasteiger partial charge in [0.1, 0.15) is 0 Å². The quantitative estimate of drug-likeness (QED) is 0.768. The van der Waals surface area contributed by atoms with Gasteiger partial charge in [-0.05, 0) is 24.6 Å². The second-order valence-electron chi connectivity index (χ2n) is 5.58. The Morgan fingerprint density at radius 1 is 1.04 bits per heavy atom. The van der Waals surface area contributed by atoms with E-state index in [-0.39, 0.29) is 17.1 Å². The van der Waals surface area contributed by atoms with Crippen LogP contribution >= 0.6 is 23.2 Å². The van der Waals surface area contributed by atoms with E-state index in [4.69, 9.17) is 23.2 Å². The van der Waals surface area contributed by atoms with Gasteiger partial charge in [-0.2, -0.15) is 15.4 Å². The molecule has 0 radical (unpaired) electrons. The number of aromatic nitrogens is 6. The Bertz CT molecular complexity index is 806. The zero-order valence-electron chi connectivity index (χ0n) is 13.0. The molecule has 3 rings (SSSR count). The molecule has 0 spiro atoms. The standard InChI is InChI=1S/C15H16Cl2N6/c1-8(2)14-18-15(12-13(17)20-22-19-12)23(21-14)9(3)10-4-6-11(16)7-5-10/h4-9H,1-3H3,(H,19,20,22). The van der Waals surface area contributed by atoms with E-state index in [2.05, 4.69) is 25.5 Å². The number of nitrogens with one attached hydrogen (secondary N) is 1. The van der Waals surface area contributed by atoms with Crippen molar-refractivity contribution in [1.29, 1.82) is 0 Å². The molecule has 120 valence electrons. The number of halogens is 2. The summed E-state index contributed by atoms with van der Waals surface area (Å²) in [4.78, 5) is 4.60. The Kier molecular flexibility index (Phi) is 4.37. The van der Waals surface area contributed by atoms with Crippen LogP contribution in [0.3, 0.4) is 0 Å². The van der Waals surface area contributed by atoms with Crippen molar-refractivity contribution in [2.24, 2.45) is 0 Å². The summed E-state index contributed by atoms with van der Waals surface area (Å²) in [6.07, 6.45) is 0. The van der Waals surface area contributed by atoms with E-state index >= 15 is 0 Å². The SMILES string of the molecule is CC(C)c1nc(-c2n[nH]nc2Cl)n(C(C)c2ccc(Cl)cc2)n1. The van der Waals surface area contributed by atoms with Gasteiger partial charge in [-0.1, -0.05) is 49.2 Å². The number of hydrogen-bond donors (Lipinski definition) is 1. The number of H-pyrrole nitrogens is 1. The molecular weight excluding hydrogens is 335 g/mol. The third kappa shape index (κ3) is 3.09. The highest BCUT2D eigenvalue weighted by Gasteiger charge is 2.23. The molecule has 0 amide bonds. The summed E-state index contributed by atoms with van der Waals surface area (Å²) in [6.45, 7) is 6.13. The van der Waals surface area contributed by atoms with Gasteiger partial charge in [0.2, 0.25) is 0 Å². The molecule has 0 aliphatic heterocycles. The van der Waals surface area contributed by atoms with Crippen molar-refractivity contribution in [2.45, 2.75) is 32.7 Å². The Morgan fingerprint density at radius 3 is 2.30 bits per heavy atom. The first-order valence-electron chi connectivity index (χ1n) is 7.26. The minimum atomic E-state index is -0.0463. The molecule has 1 atom stereocenters. The molecule has 8 heteroatoms. The highest BCUT2D eigenvalue weighted by Crippen LogP contribution is 2.29. The van der Waals surface area contributed by atoms with Crippen LogP contribution in [0.25, 0.3) is 11.5 Å². The van der Waals surface area contributed by atoms with Crippen molar-refractivity contribution >= 4 is 23.2 Å². The van der Waals surface area contributed by atoms with E-state index in [0.717, 1.165) is 11.4 Å². The predicted molar refractivity (Wildman–Crippen MR) is 89.8 cm³/mol. The predicted octanol–water partition coefficient (Wildman–Crippen LogP) is 4.10. The molecule has 0 aliphatic carbocycles. The summed E-state index contributed by atoms with van der Waals surface area (Å²) in [6, 6.07) is 7.61. The third-order valence-corrected chi connectivity index (χ3v) is 4.12. The smallest absolute Gasteiger partial charge is 0.182 e. The van der Waals surface area contributed by atoms with Gasteiger partial charge in [-0.15, -0.1) is 5.10 Å². The summed E-state index contributed by atoms with van der Waals surface area (Å²) < 4.78 is 1.82. The lowest BCUT2D eigenvalue weighted by atomic mass is 10.1. The minimum Gasteiger partial charge on any atom is -0.237 e. The molecule has 0 fully saturated rings. The molecule has 6 nitrogen and oxygen atoms in total. The van der Waals surface area contributed by atoms with E-state index in [1.54, 1.807) is 0 Å². The summed E-state index contributed by atoms with van der Waals surface area (Å²) in [7, 11) is 0. The molecule has 2 heterocycles. The lowest BCUT2D eigenvalue weighted by Crippen LogP contribution is -2.11. The molecule has 0 aliphatic rings. The fraction of sp³-hybridized carbons (Fsp3) is 0.333. The van der Waals surface area contributed by atoms with Gasteiger partial charge in [0.15, 0.2) is 22.5 Å². The van der Waals surface area contributed by atoms with Gasteiger partial charge in [0.05, 0.1) is 6.04 Å². The van der Waals surface area contributed by atoms with Gasteiger partial charge in [0, 0.05) is 10.9 Å². The third-order valence-electron chi connectivity index (χ3n) is 3.60. The van der Waals surface area contributed by atoms with Crippen LogP contribution in [0, 0.1) is 0 Å². The van der Waals surface area contributed by atoms with Gasteiger partial charge in [-0.25, -0.2) is 9.67 Å². The van der Waals surface area contributed by atoms with E-state index in [0.29, 0.717) is 16.5 Å². The average Bonchev–Trinajstić information content (AvgIpc) is 3.13. The summed E-state index contributed by atoms with van der Waals surface area (Å²) in [5.41, 5.74) is 1.56. The molecule has 0 bridgehead atoms. The maximum Gasteiger partial charge on any atom is 0.182 e. The van der Waals surface area contributed by atoms with Crippen LogP contribution in [0.4, 0.5) is 0 Å². The van der Waals surface area contributed by atoms with Crippen LogP contribution in [-0.4, -0.2) is 30.2 Å². The van der Waals surface area contributed by atoms with Gasteiger partial charge in [-0.3, -0.25) is 0 Å². The molecule has 1 N–H and O–H groups in total. The van der Waals surface area contributed by atoms with Crippen LogP contribution in [0.1, 0.15) is 44.1 Å². The van der Waals surface area contributed by atoms with Crippen LogP contribution in [0.2, 0.25) is 10.2 Å². The van der Waals surface area contributed by atoms with Crippen LogP contribution in [0.15, 0.2) is 24.3 Å². The number of aromatic amines is 1. The Hall–Kier alpha value is -1.92. The van der Waals surface area contributed by atoms with E-state index in [9.17, 15) is 0 Å². The van der Waals surface area contributed by atoms with Crippen molar-refractivity contribution in [3.8, 4) is 11.5 Å². The van der Waals surface area contributed by atoms with Crippen molar-refractivity contribution in [3.63, 3.8) is 0 Å². The Labute approximate surface area is 143 Å². The molecule has 3 aromatic rings. The first kappa shape index (κ1) is 16.0. The first-order valence-corrected chi connectivity index (χ1v) is 8.01. The topological polar surface area (TPSA) is 72.3 Å². The Morgan fingerprint density at radius 2 is 1.74 bits per heavy atom. The van der Waals surface area contributed by atoms with Gasteiger partial charge in [0.25, 0.3) is 0 Å². The van der Waals surface area contributed by atoms with E-state index in [1.807, 2.05) is 49.7 Å². The maximum atomic E-state index is 6.10. The molecular formula is C15H16Cl2N6. The zero-order chi connectivity index (χ0) is 16.6. The first-order chi connectivity index (χ1) is 11.0. The van der Waals surface area contributed by atoms with Crippen molar-refractivity contribution < 1.29 is 0 Å². The lowest BCUT2D eigenvalue weighted by Gasteiger charge is -2.14. The summed E-state index contributed by atoms with van der Waals surface area (Å²) in [5, 5.41) is 16.1. The second kappa shape index (κ2) is 6.29. The fourth-order valence-corrected chi connectivity index (χ4v) is 2.55. The summed E-state index contributed by atoms with van der Waals surface area (Å²) >= 11 is 12.1. The fourth-order valence-electron chi connectivity index (χ4n) is 2.26. The molecule has 1 unspecified atom stereocenters.